The Morgan fingerprint density at radius 1 is 1.03 bits per heavy atom. The molecule has 1 saturated heterocycles. The minimum Gasteiger partial charge on any atom is -0.346 e. The van der Waals surface area contributed by atoms with Crippen molar-refractivity contribution in [2.75, 3.05) is 13.1 Å². The number of aromatic nitrogens is 6. The first kappa shape index (κ1) is 23.3. The molecule has 1 fully saturated rings. The van der Waals surface area contributed by atoms with Gasteiger partial charge in [0.05, 0.1) is 25.0 Å². The highest BCUT2D eigenvalue weighted by molar-refractivity contribution is 5.96. The Balaban J connectivity index is 0.00000253. The molecule has 9 heteroatoms. The van der Waals surface area contributed by atoms with Crippen LogP contribution in [0.5, 0.6) is 0 Å². The van der Waals surface area contributed by atoms with Gasteiger partial charge in [-0.2, -0.15) is 10.2 Å². The van der Waals surface area contributed by atoms with Crippen LogP contribution in [0, 0.1) is 12.7 Å². The van der Waals surface area contributed by atoms with Crippen LogP contribution in [-0.2, 0) is 6.54 Å². The van der Waals surface area contributed by atoms with Gasteiger partial charge in [0.2, 0.25) is 0 Å². The van der Waals surface area contributed by atoms with Crippen LogP contribution in [0.2, 0.25) is 0 Å². The highest BCUT2D eigenvalue weighted by atomic mass is 35.5. The van der Waals surface area contributed by atoms with E-state index in [1.165, 1.54) is 6.07 Å². The van der Waals surface area contributed by atoms with Crippen molar-refractivity contribution < 1.29 is 4.39 Å². The van der Waals surface area contributed by atoms with Crippen molar-refractivity contribution in [3.05, 3.63) is 78.4 Å². The number of H-pyrrole nitrogens is 1. The second kappa shape index (κ2) is 9.64. The summed E-state index contributed by atoms with van der Waals surface area (Å²) in [6.45, 7) is 4.63. The van der Waals surface area contributed by atoms with E-state index in [1.54, 1.807) is 12.1 Å². The molecule has 0 radical (unpaired) electrons. The first-order valence-corrected chi connectivity index (χ1v) is 11.7. The van der Waals surface area contributed by atoms with Crippen LogP contribution >= 0.6 is 12.4 Å². The van der Waals surface area contributed by atoms with Gasteiger partial charge in [-0.05, 0) is 56.6 Å². The Bertz CT molecular complexity index is 1460. The van der Waals surface area contributed by atoms with Crippen molar-refractivity contribution in [3.8, 4) is 22.3 Å². The molecule has 0 saturated carbocycles. The summed E-state index contributed by atoms with van der Waals surface area (Å²) in [7, 11) is 0. The van der Waals surface area contributed by atoms with Crippen LogP contribution in [0.25, 0.3) is 33.3 Å². The van der Waals surface area contributed by atoms with Gasteiger partial charge in [0, 0.05) is 51.9 Å². The zero-order chi connectivity index (χ0) is 23.1. The quantitative estimate of drug-likeness (QED) is 0.357. The molecule has 0 amide bonds. The lowest BCUT2D eigenvalue weighted by Gasteiger charge is -2.22. The van der Waals surface area contributed by atoms with Gasteiger partial charge in [0.25, 0.3) is 0 Å². The fraction of sp³-hybridized carbons (Fsp3) is 0.269. The van der Waals surface area contributed by atoms with Gasteiger partial charge in [0.15, 0.2) is 0 Å². The fourth-order valence-corrected chi connectivity index (χ4v) is 4.82. The Kier molecular flexibility index (Phi) is 6.40. The van der Waals surface area contributed by atoms with Crippen LogP contribution < -0.4 is 5.32 Å². The van der Waals surface area contributed by atoms with E-state index in [2.05, 4.69) is 42.4 Å². The smallest absolute Gasteiger partial charge is 0.137 e. The number of fused-ring (bicyclic) bond motifs is 1. The predicted octanol–water partition coefficient (Wildman–Crippen LogP) is 5.13. The number of nitrogens with zero attached hydrogens (tertiary/aromatic N) is 5. The maximum atomic E-state index is 13.6. The van der Waals surface area contributed by atoms with Crippen molar-refractivity contribution in [1.82, 2.24) is 34.8 Å². The second-order valence-corrected chi connectivity index (χ2v) is 8.94. The summed E-state index contributed by atoms with van der Waals surface area (Å²) >= 11 is 0. The van der Waals surface area contributed by atoms with Crippen molar-refractivity contribution in [3.63, 3.8) is 0 Å². The largest absolute Gasteiger partial charge is 0.346 e. The van der Waals surface area contributed by atoms with E-state index in [0.717, 1.165) is 70.5 Å². The number of nitrogens with one attached hydrogen (secondary N) is 2. The maximum Gasteiger partial charge on any atom is 0.137 e. The zero-order valence-corrected chi connectivity index (χ0v) is 20.2. The monoisotopic (exact) mass is 491 g/mol. The topological polar surface area (TPSA) is 76.3 Å². The molecule has 35 heavy (non-hydrogen) atoms. The Labute approximate surface area is 208 Å². The van der Waals surface area contributed by atoms with Gasteiger partial charge in [-0.15, -0.1) is 12.4 Å². The van der Waals surface area contributed by atoms with Gasteiger partial charge >= 0.3 is 0 Å². The van der Waals surface area contributed by atoms with E-state index >= 15 is 0 Å². The van der Waals surface area contributed by atoms with Crippen molar-refractivity contribution >= 4 is 23.4 Å². The molecule has 0 bridgehead atoms. The van der Waals surface area contributed by atoms with Gasteiger partial charge in [-0.1, -0.05) is 12.1 Å². The minimum atomic E-state index is -0.235. The van der Waals surface area contributed by atoms with Crippen LogP contribution in [0.15, 0.2) is 61.3 Å². The highest BCUT2D eigenvalue weighted by Gasteiger charge is 2.18. The molecule has 180 valence electrons. The van der Waals surface area contributed by atoms with Crippen molar-refractivity contribution in [2.24, 2.45) is 0 Å². The van der Waals surface area contributed by atoms with E-state index in [1.807, 2.05) is 42.5 Å². The van der Waals surface area contributed by atoms with E-state index in [0.29, 0.717) is 12.6 Å². The van der Waals surface area contributed by atoms with Crippen LogP contribution in [0.1, 0.15) is 30.1 Å². The second-order valence-electron chi connectivity index (χ2n) is 8.94. The molecule has 0 spiro atoms. The molecule has 2 N–H and O–H groups in total. The third-order valence-electron chi connectivity index (χ3n) is 6.76. The molecule has 7 nitrogen and oxygen atoms in total. The Morgan fingerprint density at radius 2 is 1.89 bits per heavy atom. The molecular weight excluding hydrogens is 465 g/mol. The first-order chi connectivity index (χ1) is 16.7. The maximum absolute atomic E-state index is 13.6. The zero-order valence-electron chi connectivity index (χ0n) is 19.4. The summed E-state index contributed by atoms with van der Waals surface area (Å²) in [6.07, 6.45) is 12.0. The molecule has 5 heterocycles. The molecule has 0 atom stereocenters. The summed E-state index contributed by atoms with van der Waals surface area (Å²) in [4.78, 5) is 7.96. The lowest BCUT2D eigenvalue weighted by Crippen LogP contribution is -2.29. The first-order valence-electron chi connectivity index (χ1n) is 11.7. The van der Waals surface area contributed by atoms with Crippen LogP contribution in [0.3, 0.4) is 0 Å². The number of benzene rings is 1. The number of rotatable bonds is 5. The van der Waals surface area contributed by atoms with Gasteiger partial charge < -0.3 is 10.3 Å². The predicted molar refractivity (Wildman–Crippen MR) is 137 cm³/mol. The summed E-state index contributed by atoms with van der Waals surface area (Å²) in [5.41, 5.74) is 6.93. The standard InChI is InChI=1S/C26H26FN7.ClH/c1-17-24(14-32-33(17)15-18-3-2-4-21(27)9-18)25-13-30-26-23(25)10-19(11-29-26)20-12-31-34(16-20)22-5-7-28-8-6-22;/h2-4,9-14,16,22,28H,5-8,15H2,1H3,(H,29,30);1H. The number of aromatic amines is 1. The van der Waals surface area contributed by atoms with Crippen molar-refractivity contribution in [1.29, 1.82) is 0 Å². The number of piperidine rings is 1. The lowest BCUT2D eigenvalue weighted by atomic mass is 10.0. The average molecular weight is 492 g/mol. The fourth-order valence-electron chi connectivity index (χ4n) is 4.82. The lowest BCUT2D eigenvalue weighted by molar-refractivity contribution is 0.343. The Hall–Kier alpha value is -3.49. The third-order valence-corrected chi connectivity index (χ3v) is 6.76. The summed E-state index contributed by atoms with van der Waals surface area (Å²) in [5, 5.41) is 13.7. The van der Waals surface area contributed by atoms with Crippen LogP contribution in [0.4, 0.5) is 4.39 Å². The highest BCUT2D eigenvalue weighted by Crippen LogP contribution is 2.33. The number of hydrogen-bond acceptors (Lipinski definition) is 4. The molecule has 1 aliphatic heterocycles. The van der Waals surface area contributed by atoms with E-state index in [9.17, 15) is 4.39 Å². The molecule has 4 aromatic heterocycles. The van der Waals surface area contributed by atoms with Crippen LogP contribution in [-0.4, -0.2) is 42.6 Å². The van der Waals surface area contributed by atoms with E-state index < -0.39 is 0 Å². The summed E-state index contributed by atoms with van der Waals surface area (Å²) in [6, 6.07) is 9.26. The van der Waals surface area contributed by atoms with Gasteiger partial charge in [-0.25, -0.2) is 9.37 Å². The third kappa shape index (κ3) is 4.47. The minimum absolute atomic E-state index is 0. The molecule has 0 unspecified atom stereocenters. The molecule has 0 aliphatic carbocycles. The molecule has 1 aliphatic rings. The molecule has 5 aromatic rings. The van der Waals surface area contributed by atoms with Crippen molar-refractivity contribution in [2.45, 2.75) is 32.4 Å². The van der Waals surface area contributed by atoms with E-state index in [4.69, 9.17) is 0 Å². The van der Waals surface area contributed by atoms with Gasteiger partial charge in [-0.3, -0.25) is 9.36 Å². The molecular formula is C26H27ClFN7. The SMILES string of the molecule is Cc1c(-c2c[nH]c3ncc(-c4cnn(C5CCNCC5)c4)cc23)cnn1Cc1cccc(F)c1.Cl. The Morgan fingerprint density at radius 3 is 2.71 bits per heavy atom. The van der Waals surface area contributed by atoms with Gasteiger partial charge in [0.1, 0.15) is 11.5 Å². The van der Waals surface area contributed by atoms with E-state index in [-0.39, 0.29) is 18.2 Å². The molecule has 1 aromatic carbocycles. The number of hydrogen-bond donors (Lipinski definition) is 2. The summed E-state index contributed by atoms with van der Waals surface area (Å²) < 4.78 is 17.6. The normalized spacial score (nSPS) is 14.3. The summed E-state index contributed by atoms with van der Waals surface area (Å²) in [5.74, 6) is -0.235. The average Bonchev–Trinajstić information content (AvgIpc) is 3.59. The number of halogens is 2. The number of pyridine rings is 1. The molecule has 6 rings (SSSR count).